The van der Waals surface area contributed by atoms with Crippen molar-refractivity contribution in [2.75, 3.05) is 29.4 Å². The predicted molar refractivity (Wildman–Crippen MR) is 95.5 cm³/mol. The van der Waals surface area contributed by atoms with Crippen LogP contribution in [0.4, 0.5) is 24.9 Å². The molecule has 1 saturated carbocycles. The predicted octanol–water partition coefficient (Wildman–Crippen LogP) is 2.61. The Morgan fingerprint density at radius 3 is 2.57 bits per heavy atom. The molecule has 3 fully saturated rings. The zero-order chi connectivity index (χ0) is 19.8. The number of aromatic nitrogens is 2. The van der Waals surface area contributed by atoms with Crippen molar-refractivity contribution in [3.05, 3.63) is 11.3 Å². The number of carboxylic acid groups (broad SMARTS) is 1. The van der Waals surface area contributed by atoms with E-state index in [9.17, 15) is 18.0 Å². The number of halogens is 3. The van der Waals surface area contributed by atoms with Gasteiger partial charge in [0, 0.05) is 31.5 Å². The van der Waals surface area contributed by atoms with Crippen molar-refractivity contribution in [3.8, 4) is 0 Å². The van der Waals surface area contributed by atoms with Gasteiger partial charge in [0.2, 0.25) is 5.95 Å². The van der Waals surface area contributed by atoms with Gasteiger partial charge >= 0.3 is 5.97 Å². The van der Waals surface area contributed by atoms with E-state index in [1.54, 1.807) is 11.8 Å². The fourth-order valence-corrected chi connectivity index (χ4v) is 5.14. The minimum Gasteiger partial charge on any atom is -0.481 e. The first-order chi connectivity index (χ1) is 13.3. The molecule has 1 N–H and O–H groups in total. The van der Waals surface area contributed by atoms with Crippen molar-refractivity contribution in [2.45, 2.75) is 50.7 Å². The molecule has 1 aromatic heterocycles. The third kappa shape index (κ3) is 2.65. The van der Waals surface area contributed by atoms with Gasteiger partial charge in [-0.3, -0.25) is 4.79 Å². The van der Waals surface area contributed by atoms with Gasteiger partial charge in [0.05, 0.1) is 12.6 Å². The van der Waals surface area contributed by atoms with Gasteiger partial charge in [-0.05, 0) is 37.5 Å². The Labute approximate surface area is 160 Å². The van der Waals surface area contributed by atoms with Crippen LogP contribution >= 0.6 is 0 Å². The largest absolute Gasteiger partial charge is 0.481 e. The van der Waals surface area contributed by atoms with Crippen LogP contribution in [0, 0.1) is 17.8 Å². The van der Waals surface area contributed by atoms with Crippen LogP contribution in [0.3, 0.4) is 0 Å². The second kappa shape index (κ2) is 5.97. The first-order valence-corrected chi connectivity index (χ1v) is 9.93. The summed E-state index contributed by atoms with van der Waals surface area (Å²) in [5.74, 6) is -2.33. The molecule has 2 saturated heterocycles. The van der Waals surface area contributed by atoms with E-state index < -0.39 is 24.1 Å². The molecule has 2 unspecified atom stereocenters. The maximum Gasteiger partial charge on any atom is 0.303 e. The highest BCUT2D eigenvalue weighted by molar-refractivity contribution is 5.68. The van der Waals surface area contributed by atoms with Crippen molar-refractivity contribution >= 4 is 17.7 Å². The highest BCUT2D eigenvalue weighted by Gasteiger charge is 2.57. The van der Waals surface area contributed by atoms with E-state index >= 15 is 0 Å². The summed E-state index contributed by atoms with van der Waals surface area (Å²) < 4.78 is 42.9. The van der Waals surface area contributed by atoms with Gasteiger partial charge in [-0.15, -0.1) is 0 Å². The zero-order valence-electron chi connectivity index (χ0n) is 15.6. The molecule has 0 spiro atoms. The number of alkyl halides is 3. The van der Waals surface area contributed by atoms with Crippen LogP contribution in [0.1, 0.15) is 37.4 Å². The second-order valence-electron chi connectivity index (χ2n) is 8.64. The quantitative estimate of drug-likeness (QED) is 0.844. The third-order valence-corrected chi connectivity index (χ3v) is 6.96. The lowest BCUT2D eigenvalue weighted by Crippen LogP contribution is -2.57. The molecule has 3 heterocycles. The van der Waals surface area contributed by atoms with Crippen molar-refractivity contribution < 1.29 is 23.1 Å². The number of hydrogen-bond donors (Lipinski definition) is 1. The van der Waals surface area contributed by atoms with Crippen LogP contribution in [-0.4, -0.2) is 52.9 Å². The van der Waals surface area contributed by atoms with Gasteiger partial charge in [-0.25, -0.2) is 9.37 Å². The lowest BCUT2D eigenvalue weighted by molar-refractivity contribution is -0.137. The molecule has 5 atom stereocenters. The van der Waals surface area contributed by atoms with Crippen LogP contribution in [-0.2, 0) is 17.1 Å². The van der Waals surface area contributed by atoms with E-state index in [4.69, 9.17) is 5.11 Å². The van der Waals surface area contributed by atoms with Crippen LogP contribution in [0.2, 0.25) is 0 Å². The summed E-state index contributed by atoms with van der Waals surface area (Å²) in [6.07, 6.45) is -0.183. The summed E-state index contributed by atoms with van der Waals surface area (Å²) >= 11 is 0. The topological polar surface area (TPSA) is 69.6 Å². The Morgan fingerprint density at radius 1 is 1.25 bits per heavy atom. The highest BCUT2D eigenvalue weighted by Crippen LogP contribution is 2.55. The molecular formula is C19H23F3N4O2. The van der Waals surface area contributed by atoms with Crippen molar-refractivity contribution in [1.82, 2.24) is 9.97 Å². The normalized spacial score (nSPS) is 35.2. The smallest absolute Gasteiger partial charge is 0.303 e. The summed E-state index contributed by atoms with van der Waals surface area (Å²) in [5.41, 5.74) is 0.289. The number of piperidine rings is 1. The van der Waals surface area contributed by atoms with Crippen molar-refractivity contribution in [3.63, 3.8) is 0 Å². The van der Waals surface area contributed by atoms with E-state index in [0.717, 1.165) is 0 Å². The third-order valence-electron chi connectivity index (χ3n) is 6.96. The monoisotopic (exact) mass is 396 g/mol. The molecule has 1 aromatic rings. The minimum absolute atomic E-state index is 0.122. The zero-order valence-corrected chi connectivity index (χ0v) is 15.6. The molecular weight excluding hydrogens is 373 g/mol. The van der Waals surface area contributed by atoms with Crippen molar-refractivity contribution in [2.24, 2.45) is 17.8 Å². The Hall–Kier alpha value is -2.06. The number of aliphatic carboxylic acids is 1. The van der Waals surface area contributed by atoms with E-state index in [0.29, 0.717) is 37.3 Å². The molecule has 4 aliphatic rings. The molecule has 0 amide bonds. The first-order valence-electron chi connectivity index (χ1n) is 9.93. The van der Waals surface area contributed by atoms with Gasteiger partial charge in [-0.1, -0.05) is 0 Å². The average Bonchev–Trinajstić information content (AvgIpc) is 3.07. The van der Waals surface area contributed by atoms with Gasteiger partial charge in [0.1, 0.15) is 17.7 Å². The molecule has 2 aliphatic carbocycles. The molecule has 6 nitrogen and oxygen atoms in total. The Kier molecular flexibility index (Phi) is 3.84. The number of carboxylic acids is 1. The molecule has 5 rings (SSSR count). The van der Waals surface area contributed by atoms with Crippen LogP contribution < -0.4 is 9.80 Å². The van der Waals surface area contributed by atoms with Crippen LogP contribution in [0.5, 0.6) is 0 Å². The summed E-state index contributed by atoms with van der Waals surface area (Å²) in [6, 6.07) is -0.421. The second-order valence-corrected chi connectivity index (χ2v) is 8.64. The maximum absolute atomic E-state index is 14.6. The van der Waals surface area contributed by atoms with Gasteiger partial charge < -0.3 is 14.9 Å². The van der Waals surface area contributed by atoms with Gasteiger partial charge in [-0.2, -0.15) is 13.8 Å². The highest BCUT2D eigenvalue weighted by atomic mass is 19.3. The maximum atomic E-state index is 14.6. The minimum atomic E-state index is -3.00. The van der Waals surface area contributed by atoms with E-state index in [-0.39, 0.29) is 48.8 Å². The number of nitrogens with zero attached hydrogens (tertiary/aromatic N) is 4. The van der Waals surface area contributed by atoms with Gasteiger partial charge in [0.25, 0.3) is 5.92 Å². The lowest BCUT2D eigenvalue weighted by atomic mass is 9.92. The Balaban J connectivity index is 1.47. The summed E-state index contributed by atoms with van der Waals surface area (Å²) in [5, 5.41) is 9.00. The summed E-state index contributed by atoms with van der Waals surface area (Å²) in [7, 11) is 0. The van der Waals surface area contributed by atoms with E-state index in [1.165, 1.54) is 0 Å². The first kappa shape index (κ1) is 18.0. The molecule has 28 heavy (non-hydrogen) atoms. The average molecular weight is 396 g/mol. The lowest BCUT2D eigenvalue weighted by Gasteiger charge is -2.43. The number of rotatable bonds is 4. The van der Waals surface area contributed by atoms with Crippen LogP contribution in [0.25, 0.3) is 0 Å². The molecule has 0 aromatic carbocycles. The standard InChI is InChI=1S/C19H23F3N4O2/c1-9-14(20)8-26(9)18-23-16-10(3-2-4-19(16,21)22)17(24-18)25-6-12-11(5-15(27)28)13(12)7-25/h9,11-14H,2-8H2,1H3,(H,27,28)/t9-,11?,12-,13+,14?/m0/s1. The Morgan fingerprint density at radius 2 is 1.96 bits per heavy atom. The fourth-order valence-electron chi connectivity index (χ4n) is 5.14. The number of fused-ring (bicyclic) bond motifs is 2. The van der Waals surface area contributed by atoms with Crippen LogP contribution in [0.15, 0.2) is 0 Å². The van der Waals surface area contributed by atoms with E-state index in [1.807, 2.05) is 4.90 Å². The molecule has 152 valence electrons. The van der Waals surface area contributed by atoms with Gasteiger partial charge in [0.15, 0.2) is 0 Å². The molecule has 2 aliphatic heterocycles. The fraction of sp³-hybridized carbons (Fsp3) is 0.737. The number of anilines is 2. The Bertz CT molecular complexity index is 824. The van der Waals surface area contributed by atoms with E-state index in [2.05, 4.69) is 9.97 Å². The molecule has 9 heteroatoms. The summed E-state index contributed by atoms with van der Waals surface area (Å²) in [6.45, 7) is 3.10. The molecule has 0 bridgehead atoms. The number of carbonyl (C=O) groups is 1. The molecule has 0 radical (unpaired) electrons. The SMILES string of the molecule is C[C@H]1C(F)CN1c1nc(N2C[C@@H]3C(CC(=O)O)[C@@H]3C2)c2c(n1)C(F)(F)CCC2. The number of hydrogen-bond acceptors (Lipinski definition) is 5. The van der Waals surface area contributed by atoms with Crippen molar-refractivity contribution in [1.29, 1.82) is 0 Å². The summed E-state index contributed by atoms with van der Waals surface area (Å²) in [4.78, 5) is 23.4.